The molecule has 5 rings (SSSR count). The van der Waals surface area contributed by atoms with Crippen molar-refractivity contribution in [3.63, 3.8) is 0 Å². The summed E-state index contributed by atoms with van der Waals surface area (Å²) in [5, 5.41) is 32.7. The fourth-order valence-electron chi connectivity index (χ4n) is 5.76. The van der Waals surface area contributed by atoms with Crippen molar-refractivity contribution in [2.75, 3.05) is 14.2 Å². The van der Waals surface area contributed by atoms with Gasteiger partial charge in [0, 0.05) is 51.5 Å². The topological polar surface area (TPSA) is 116 Å². The fourth-order valence-corrected chi connectivity index (χ4v) is 5.76. The van der Waals surface area contributed by atoms with E-state index in [-0.39, 0.29) is 56.9 Å². The van der Waals surface area contributed by atoms with Crippen LogP contribution < -0.4 is 19.3 Å². The van der Waals surface area contributed by atoms with Gasteiger partial charge in [-0.25, -0.2) is 0 Å². The van der Waals surface area contributed by atoms with E-state index in [4.69, 9.17) is 24.2 Å². The Morgan fingerprint density at radius 3 is 1.43 bits per heavy atom. The van der Waals surface area contributed by atoms with Gasteiger partial charge in [0.1, 0.15) is 34.5 Å². The van der Waals surface area contributed by atoms with Gasteiger partial charge in [-0.3, -0.25) is 9.98 Å². The van der Waals surface area contributed by atoms with E-state index >= 15 is 0 Å². The molecular weight excluding hydrogens is 687 g/mol. The number of hydrogen-bond acceptors (Lipinski definition) is 8. The third-order valence-electron chi connectivity index (χ3n) is 8.62. The number of benzene rings is 4. The van der Waals surface area contributed by atoms with Crippen LogP contribution in [-0.2, 0) is 27.6 Å². The molecule has 51 heavy (non-hydrogen) atoms. The number of nitrogens with zero attached hydrogens (tertiary/aromatic N) is 2. The van der Waals surface area contributed by atoms with Crippen molar-refractivity contribution in [3.8, 4) is 40.2 Å². The summed E-state index contributed by atoms with van der Waals surface area (Å²) < 4.78 is 16.5. The van der Waals surface area contributed by atoms with Crippen molar-refractivity contribution in [1.82, 2.24) is 0 Å². The van der Waals surface area contributed by atoms with Gasteiger partial charge in [-0.2, -0.15) is 0 Å². The summed E-state index contributed by atoms with van der Waals surface area (Å²) in [6.07, 6.45) is 7.53. The van der Waals surface area contributed by atoms with Crippen LogP contribution in [0.4, 0.5) is 0 Å². The summed E-state index contributed by atoms with van der Waals surface area (Å²) in [6.45, 7) is 12.4. The van der Waals surface area contributed by atoms with E-state index in [1.165, 1.54) is 12.1 Å². The molecule has 275 valence electrons. The van der Waals surface area contributed by atoms with Crippen LogP contribution >= 0.6 is 0 Å². The number of aromatic hydroxyl groups is 2. The minimum Gasteiger partial charge on any atom is -0.872 e. The van der Waals surface area contributed by atoms with E-state index in [1.54, 1.807) is 38.8 Å². The molecule has 1 aliphatic rings. The molecule has 2 unspecified atom stereocenters. The first-order chi connectivity index (χ1) is 23.7. The van der Waals surface area contributed by atoms with E-state index in [1.807, 2.05) is 54.6 Å². The number of aliphatic imine (C=N–C) groups is 2. The van der Waals surface area contributed by atoms with Gasteiger partial charge < -0.3 is 29.5 Å². The van der Waals surface area contributed by atoms with Crippen LogP contribution in [-0.4, -0.2) is 48.9 Å². The molecule has 2 N–H and O–H groups in total. The maximum atomic E-state index is 10.9. The number of methoxy groups -OCH3 is 2. The summed E-state index contributed by atoms with van der Waals surface area (Å²) in [4.78, 5) is 9.76. The van der Waals surface area contributed by atoms with Crippen LogP contribution in [0.15, 0.2) is 88.8 Å². The monoisotopic (exact) mass is 738 g/mol. The van der Waals surface area contributed by atoms with Crippen molar-refractivity contribution in [3.05, 3.63) is 101 Å². The zero-order chi connectivity index (χ0) is 36.5. The van der Waals surface area contributed by atoms with Gasteiger partial charge in [0.25, 0.3) is 0 Å². The van der Waals surface area contributed by atoms with Gasteiger partial charge in [-0.15, -0.1) is 5.75 Å². The SMILES string of the molecule is COc1cc(C=NC2CCCCC2N=Cc2cc(OC)cc(C(C)(C)C)c2O)c(O)c(C(C)(C)C)c1.[Co].[O-]c1ccc(Oc2ccccc2)cc1. The molecule has 9 heteroatoms. The van der Waals surface area contributed by atoms with Crippen LogP contribution in [0.1, 0.15) is 89.5 Å². The molecule has 1 saturated carbocycles. The molecule has 0 amide bonds. The number of ether oxygens (including phenoxy) is 3. The number of para-hydroxylation sites is 1. The molecule has 0 heterocycles. The van der Waals surface area contributed by atoms with Crippen LogP contribution in [0.5, 0.6) is 40.2 Å². The van der Waals surface area contributed by atoms with Crippen molar-refractivity contribution >= 4 is 12.4 Å². The van der Waals surface area contributed by atoms with Gasteiger partial charge in [-0.1, -0.05) is 84.7 Å². The van der Waals surface area contributed by atoms with Gasteiger partial charge in [-0.05, 0) is 72.2 Å². The van der Waals surface area contributed by atoms with Crippen LogP contribution in [0, 0.1) is 0 Å². The molecular formula is C42H51CoN2O6-. The second-order valence-corrected chi connectivity index (χ2v) is 14.6. The standard InChI is InChI=1S/C30H42N2O4.C12H10O2.Co/c1-29(2,3)23-15-21(35-7)13-19(27(23)33)17-31-25-11-9-10-12-26(25)32-18-20-14-22(36-8)16-24(28(20)34)30(4,5)6;13-10-6-8-12(9-7-10)14-11-4-2-1-3-5-11;/h13-18,25-26,33-34H,9-12H2,1-8H3;1-9,13H;/p-1. The Labute approximate surface area is 313 Å². The molecule has 0 aliphatic heterocycles. The maximum Gasteiger partial charge on any atom is 0.128 e. The van der Waals surface area contributed by atoms with E-state index < -0.39 is 0 Å². The maximum absolute atomic E-state index is 10.9. The number of phenolic OH excluding ortho intramolecular Hbond substituents is 2. The molecule has 1 fully saturated rings. The summed E-state index contributed by atoms with van der Waals surface area (Å²) in [7, 11) is 3.26. The average Bonchev–Trinajstić information content (AvgIpc) is 3.08. The Hall–Kier alpha value is -4.47. The average molecular weight is 739 g/mol. The van der Waals surface area contributed by atoms with Crippen molar-refractivity contribution < 1.29 is 46.3 Å². The first-order valence-corrected chi connectivity index (χ1v) is 17.1. The van der Waals surface area contributed by atoms with Gasteiger partial charge in [0.05, 0.1) is 26.3 Å². The minimum atomic E-state index is -0.233. The van der Waals surface area contributed by atoms with Gasteiger partial charge >= 0.3 is 0 Å². The van der Waals surface area contributed by atoms with E-state index in [0.717, 1.165) is 42.6 Å². The quantitative estimate of drug-likeness (QED) is 0.174. The zero-order valence-electron chi connectivity index (χ0n) is 30.9. The predicted octanol–water partition coefficient (Wildman–Crippen LogP) is 9.11. The summed E-state index contributed by atoms with van der Waals surface area (Å²) in [6, 6.07) is 23.1. The minimum absolute atomic E-state index is 0. The molecule has 2 atom stereocenters. The largest absolute Gasteiger partial charge is 0.872 e. The Morgan fingerprint density at radius 2 is 1.04 bits per heavy atom. The zero-order valence-corrected chi connectivity index (χ0v) is 31.9. The molecule has 0 bridgehead atoms. The molecule has 4 aromatic rings. The van der Waals surface area contributed by atoms with Crippen molar-refractivity contribution in [2.24, 2.45) is 9.98 Å². The Balaban J connectivity index is 0.000000389. The molecule has 4 aromatic carbocycles. The van der Waals surface area contributed by atoms with E-state index in [0.29, 0.717) is 28.4 Å². The summed E-state index contributed by atoms with van der Waals surface area (Å²) >= 11 is 0. The second-order valence-electron chi connectivity index (χ2n) is 14.6. The molecule has 8 nitrogen and oxygen atoms in total. The predicted molar refractivity (Wildman–Crippen MR) is 200 cm³/mol. The molecule has 1 aliphatic carbocycles. The first kappa shape index (κ1) is 41.0. The van der Waals surface area contributed by atoms with Crippen LogP contribution in [0.25, 0.3) is 0 Å². The number of phenols is 2. The molecule has 0 spiro atoms. The summed E-state index contributed by atoms with van der Waals surface area (Å²) in [5.74, 6) is 3.30. The number of rotatable bonds is 8. The van der Waals surface area contributed by atoms with Gasteiger partial charge in [0.15, 0.2) is 0 Å². The number of hydrogen-bond donors (Lipinski definition) is 2. The smallest absolute Gasteiger partial charge is 0.128 e. The fraction of sp³-hybridized carbons (Fsp3) is 0.381. The Morgan fingerprint density at radius 1 is 0.627 bits per heavy atom. The molecule has 0 saturated heterocycles. The third-order valence-corrected chi connectivity index (χ3v) is 8.62. The molecule has 1 radical (unpaired) electrons. The Kier molecular flexibility index (Phi) is 14.6. The van der Waals surface area contributed by atoms with E-state index in [9.17, 15) is 15.3 Å². The van der Waals surface area contributed by atoms with Crippen molar-refractivity contribution in [2.45, 2.75) is 90.1 Å². The van der Waals surface area contributed by atoms with Gasteiger partial charge in [0.2, 0.25) is 0 Å². The van der Waals surface area contributed by atoms with Crippen molar-refractivity contribution in [1.29, 1.82) is 0 Å². The normalized spacial score (nSPS) is 16.2. The van der Waals surface area contributed by atoms with E-state index in [2.05, 4.69) is 41.5 Å². The second kappa shape index (κ2) is 18.1. The summed E-state index contributed by atoms with van der Waals surface area (Å²) in [5.41, 5.74) is 2.47. The first-order valence-electron chi connectivity index (χ1n) is 17.1. The van der Waals surface area contributed by atoms with Crippen LogP contribution in [0.2, 0.25) is 0 Å². The Bertz CT molecular complexity index is 1670. The molecule has 0 aromatic heterocycles. The van der Waals surface area contributed by atoms with Crippen LogP contribution in [0.3, 0.4) is 0 Å². The third kappa shape index (κ3) is 11.5.